The van der Waals surface area contributed by atoms with E-state index in [0.29, 0.717) is 12.6 Å². The minimum Gasteiger partial charge on any atom is -0.466 e. The molecule has 2 fully saturated rings. The van der Waals surface area contributed by atoms with E-state index in [1.54, 1.807) is 0 Å². The molecule has 0 bridgehead atoms. The van der Waals surface area contributed by atoms with Gasteiger partial charge in [-0.25, -0.2) is 0 Å². The van der Waals surface area contributed by atoms with Crippen LogP contribution in [0.5, 0.6) is 0 Å². The molecule has 4 nitrogen and oxygen atoms in total. The molecule has 0 amide bonds. The highest BCUT2D eigenvalue weighted by Gasteiger charge is 2.30. The van der Waals surface area contributed by atoms with E-state index in [0.717, 1.165) is 45.6 Å². The van der Waals surface area contributed by atoms with E-state index >= 15 is 0 Å². The summed E-state index contributed by atoms with van der Waals surface area (Å²) >= 11 is 0. The summed E-state index contributed by atoms with van der Waals surface area (Å²) in [7, 11) is 0. The van der Waals surface area contributed by atoms with Gasteiger partial charge in [0.25, 0.3) is 0 Å². The van der Waals surface area contributed by atoms with Crippen LogP contribution in [-0.2, 0) is 14.3 Å². The number of ether oxygens (including phenoxy) is 2. The third kappa shape index (κ3) is 2.74. The number of piperidine rings is 1. The molecule has 16 heavy (non-hydrogen) atoms. The van der Waals surface area contributed by atoms with Crippen molar-refractivity contribution in [1.29, 1.82) is 0 Å². The van der Waals surface area contributed by atoms with Crippen LogP contribution < -0.4 is 0 Å². The topological polar surface area (TPSA) is 38.8 Å². The highest BCUT2D eigenvalue weighted by molar-refractivity contribution is 5.72. The van der Waals surface area contributed by atoms with E-state index in [4.69, 9.17) is 9.47 Å². The SMILES string of the molecule is CCOC(=O)C1CCN(C2CCOC2)CC1. The van der Waals surface area contributed by atoms with Gasteiger partial charge < -0.3 is 9.47 Å². The van der Waals surface area contributed by atoms with Crippen molar-refractivity contribution in [2.45, 2.75) is 32.2 Å². The number of nitrogens with zero attached hydrogens (tertiary/aromatic N) is 1. The number of rotatable bonds is 3. The summed E-state index contributed by atoms with van der Waals surface area (Å²) in [6.07, 6.45) is 3.02. The number of carbonyl (C=O) groups is 1. The van der Waals surface area contributed by atoms with Gasteiger partial charge in [-0.05, 0) is 39.3 Å². The largest absolute Gasteiger partial charge is 0.466 e. The molecular weight excluding hydrogens is 206 g/mol. The van der Waals surface area contributed by atoms with Crippen molar-refractivity contribution in [3.05, 3.63) is 0 Å². The fraction of sp³-hybridized carbons (Fsp3) is 0.917. The molecule has 2 heterocycles. The van der Waals surface area contributed by atoms with Gasteiger partial charge in [-0.1, -0.05) is 0 Å². The van der Waals surface area contributed by atoms with Gasteiger partial charge in [0.2, 0.25) is 0 Å². The predicted molar refractivity (Wildman–Crippen MR) is 60.2 cm³/mol. The van der Waals surface area contributed by atoms with Crippen LogP contribution in [0.25, 0.3) is 0 Å². The van der Waals surface area contributed by atoms with Gasteiger partial charge >= 0.3 is 5.97 Å². The summed E-state index contributed by atoms with van der Waals surface area (Å²) in [6, 6.07) is 0.586. The minimum absolute atomic E-state index is 0.00942. The second-order valence-electron chi connectivity index (χ2n) is 4.58. The fourth-order valence-electron chi connectivity index (χ4n) is 2.57. The molecule has 0 aromatic heterocycles. The van der Waals surface area contributed by atoms with Crippen molar-refractivity contribution in [3.8, 4) is 0 Å². The molecule has 0 aromatic carbocycles. The Labute approximate surface area is 96.9 Å². The van der Waals surface area contributed by atoms with Crippen molar-refractivity contribution < 1.29 is 14.3 Å². The molecule has 4 heteroatoms. The molecule has 0 spiro atoms. The van der Waals surface area contributed by atoms with Gasteiger partial charge in [-0.2, -0.15) is 0 Å². The van der Waals surface area contributed by atoms with E-state index < -0.39 is 0 Å². The zero-order valence-electron chi connectivity index (χ0n) is 9.98. The van der Waals surface area contributed by atoms with Crippen molar-refractivity contribution in [1.82, 2.24) is 4.90 Å². The zero-order valence-corrected chi connectivity index (χ0v) is 9.98. The van der Waals surface area contributed by atoms with Gasteiger partial charge in [0.1, 0.15) is 0 Å². The van der Waals surface area contributed by atoms with Gasteiger partial charge in [-0.15, -0.1) is 0 Å². The van der Waals surface area contributed by atoms with Crippen molar-refractivity contribution in [2.24, 2.45) is 5.92 Å². The highest BCUT2D eigenvalue weighted by atomic mass is 16.5. The van der Waals surface area contributed by atoms with Crippen LogP contribution in [0.2, 0.25) is 0 Å². The van der Waals surface area contributed by atoms with E-state index in [9.17, 15) is 4.79 Å². The first-order chi connectivity index (χ1) is 7.81. The van der Waals surface area contributed by atoms with E-state index in [1.165, 1.54) is 0 Å². The molecule has 0 N–H and O–H groups in total. The van der Waals surface area contributed by atoms with Crippen molar-refractivity contribution >= 4 is 5.97 Å². The monoisotopic (exact) mass is 227 g/mol. The maximum atomic E-state index is 11.6. The second kappa shape index (κ2) is 5.64. The van der Waals surface area contributed by atoms with Crippen molar-refractivity contribution in [3.63, 3.8) is 0 Å². The van der Waals surface area contributed by atoms with Crippen LogP contribution in [0, 0.1) is 5.92 Å². The molecular formula is C12H21NO3. The Bertz CT molecular complexity index is 230. The molecule has 0 saturated carbocycles. The average molecular weight is 227 g/mol. The Hall–Kier alpha value is -0.610. The summed E-state index contributed by atoms with van der Waals surface area (Å²) in [5, 5.41) is 0. The number of likely N-dealkylation sites (tertiary alicyclic amines) is 1. The Kier molecular flexibility index (Phi) is 4.18. The van der Waals surface area contributed by atoms with E-state index in [2.05, 4.69) is 4.90 Å². The molecule has 1 atom stereocenters. The Balaban J connectivity index is 1.75. The third-order valence-corrected chi connectivity index (χ3v) is 3.57. The molecule has 2 aliphatic rings. The van der Waals surface area contributed by atoms with Crippen LogP contribution in [-0.4, -0.2) is 49.8 Å². The Morgan fingerprint density at radius 2 is 2.12 bits per heavy atom. The first-order valence-electron chi connectivity index (χ1n) is 6.29. The third-order valence-electron chi connectivity index (χ3n) is 3.57. The van der Waals surface area contributed by atoms with Crippen LogP contribution >= 0.6 is 0 Å². The molecule has 0 aromatic rings. The predicted octanol–water partition coefficient (Wildman–Crippen LogP) is 1.05. The standard InChI is InChI=1S/C12H21NO3/c1-2-16-12(14)10-3-6-13(7-4-10)11-5-8-15-9-11/h10-11H,2-9H2,1H3. The van der Waals surface area contributed by atoms with Crippen molar-refractivity contribution in [2.75, 3.05) is 32.9 Å². The maximum Gasteiger partial charge on any atom is 0.309 e. The maximum absolute atomic E-state index is 11.6. The lowest BCUT2D eigenvalue weighted by Crippen LogP contribution is -2.43. The molecule has 2 saturated heterocycles. The molecule has 2 rings (SSSR count). The number of esters is 1. The molecule has 92 valence electrons. The molecule has 1 unspecified atom stereocenters. The molecule has 0 aliphatic carbocycles. The summed E-state index contributed by atoms with van der Waals surface area (Å²) < 4.78 is 10.4. The minimum atomic E-state index is -0.00942. The first kappa shape index (κ1) is 11.9. The summed E-state index contributed by atoms with van der Waals surface area (Å²) in [4.78, 5) is 14.0. The Morgan fingerprint density at radius 1 is 1.38 bits per heavy atom. The lowest BCUT2D eigenvalue weighted by Gasteiger charge is -2.34. The number of carbonyl (C=O) groups excluding carboxylic acids is 1. The van der Waals surface area contributed by atoms with Crippen LogP contribution in [0.3, 0.4) is 0 Å². The van der Waals surface area contributed by atoms with E-state index in [-0.39, 0.29) is 11.9 Å². The van der Waals surface area contributed by atoms with Crippen LogP contribution in [0.1, 0.15) is 26.2 Å². The van der Waals surface area contributed by atoms with Gasteiger partial charge in [-0.3, -0.25) is 9.69 Å². The Morgan fingerprint density at radius 3 is 2.69 bits per heavy atom. The van der Waals surface area contributed by atoms with Crippen LogP contribution in [0.4, 0.5) is 0 Å². The lowest BCUT2D eigenvalue weighted by molar-refractivity contribution is -0.149. The van der Waals surface area contributed by atoms with E-state index in [1.807, 2.05) is 6.92 Å². The second-order valence-corrected chi connectivity index (χ2v) is 4.58. The first-order valence-corrected chi connectivity index (χ1v) is 6.29. The highest BCUT2D eigenvalue weighted by Crippen LogP contribution is 2.23. The number of hydrogen-bond donors (Lipinski definition) is 0. The number of hydrogen-bond acceptors (Lipinski definition) is 4. The summed E-state index contributed by atoms with van der Waals surface area (Å²) in [6.45, 7) is 6.14. The summed E-state index contributed by atoms with van der Waals surface area (Å²) in [5.41, 5.74) is 0. The lowest BCUT2D eigenvalue weighted by atomic mass is 9.96. The molecule has 0 radical (unpaired) electrons. The van der Waals surface area contributed by atoms with Gasteiger partial charge in [0.15, 0.2) is 0 Å². The van der Waals surface area contributed by atoms with Crippen LogP contribution in [0.15, 0.2) is 0 Å². The van der Waals surface area contributed by atoms with Gasteiger partial charge in [0.05, 0.1) is 19.1 Å². The average Bonchev–Trinajstić information content (AvgIpc) is 2.83. The normalized spacial score (nSPS) is 28.2. The smallest absolute Gasteiger partial charge is 0.309 e. The summed E-state index contributed by atoms with van der Waals surface area (Å²) in [5.74, 6) is 0.114. The quantitative estimate of drug-likeness (QED) is 0.676. The zero-order chi connectivity index (χ0) is 11.4. The fourth-order valence-corrected chi connectivity index (χ4v) is 2.57. The molecule has 2 aliphatic heterocycles. The van der Waals surface area contributed by atoms with Gasteiger partial charge in [0, 0.05) is 12.6 Å².